The zero-order valence-corrected chi connectivity index (χ0v) is 18.5. The third-order valence-corrected chi connectivity index (χ3v) is 5.75. The van der Waals surface area contributed by atoms with Gasteiger partial charge in [0.15, 0.2) is 15.9 Å². The average molecular weight is 485 g/mol. The summed E-state index contributed by atoms with van der Waals surface area (Å²) in [5.74, 6) is -0.801. The quantitative estimate of drug-likeness (QED) is 0.590. The molecule has 2 atom stereocenters. The van der Waals surface area contributed by atoms with Crippen LogP contribution in [-0.4, -0.2) is 46.2 Å². The van der Waals surface area contributed by atoms with Gasteiger partial charge in [-0.1, -0.05) is 0 Å². The van der Waals surface area contributed by atoms with Gasteiger partial charge in [-0.15, -0.1) is 0 Å². The Morgan fingerprint density at radius 1 is 1.16 bits per heavy atom. The molecule has 1 amide bonds. The number of nitrogens with zero attached hydrogens (tertiary/aromatic N) is 4. The highest BCUT2D eigenvalue weighted by molar-refractivity contribution is 8.27. The molecule has 1 heterocycles. The standard InChI is InChI=1S/C17H16N4O7S3/c1-10-16(19-18-14-9-13(30(2,24)25)7-8-15(14)22)17(23)21(20-10)11-3-5-12(6-4-11)28-31(26,27)29/h3-9,16,22H,1-2H3,(H,26,27,29). The summed E-state index contributed by atoms with van der Waals surface area (Å²) in [6, 6.07) is 8.03. The first kappa shape index (κ1) is 22.7. The Morgan fingerprint density at radius 3 is 2.39 bits per heavy atom. The van der Waals surface area contributed by atoms with Crippen LogP contribution < -0.4 is 9.19 Å². The predicted octanol–water partition coefficient (Wildman–Crippen LogP) is 2.18. The molecule has 0 aliphatic carbocycles. The number of phenols is 1. The van der Waals surface area contributed by atoms with Crippen LogP contribution in [-0.2, 0) is 34.9 Å². The average Bonchev–Trinajstić information content (AvgIpc) is 2.93. The van der Waals surface area contributed by atoms with Gasteiger partial charge in [0.05, 0.1) is 27.5 Å². The Morgan fingerprint density at radius 2 is 1.81 bits per heavy atom. The van der Waals surface area contributed by atoms with E-state index in [2.05, 4.69) is 30.7 Å². The molecule has 0 saturated carbocycles. The van der Waals surface area contributed by atoms with Gasteiger partial charge in [-0.2, -0.15) is 24.5 Å². The molecule has 0 fully saturated rings. The van der Waals surface area contributed by atoms with Crippen molar-refractivity contribution < 1.29 is 31.3 Å². The fourth-order valence-electron chi connectivity index (χ4n) is 2.57. The number of hydrazone groups is 1. The van der Waals surface area contributed by atoms with Crippen LogP contribution in [0, 0.1) is 0 Å². The number of hydrogen-bond acceptors (Lipinski definition) is 10. The van der Waals surface area contributed by atoms with Crippen molar-refractivity contribution in [3.8, 4) is 11.5 Å². The molecule has 31 heavy (non-hydrogen) atoms. The minimum Gasteiger partial charge on any atom is -0.506 e. The lowest BCUT2D eigenvalue weighted by molar-refractivity contribution is -0.117. The molecule has 0 saturated heterocycles. The van der Waals surface area contributed by atoms with Crippen molar-refractivity contribution >= 4 is 53.1 Å². The fourth-order valence-corrected chi connectivity index (χ4v) is 3.80. The maximum atomic E-state index is 12.7. The number of carbonyl (C=O) groups excluding carboxylic acids is 1. The summed E-state index contributed by atoms with van der Waals surface area (Å²) in [7, 11) is -7.37. The number of rotatable bonds is 6. The molecule has 2 N–H and O–H groups in total. The van der Waals surface area contributed by atoms with Crippen molar-refractivity contribution in [3.63, 3.8) is 0 Å². The van der Waals surface area contributed by atoms with Crippen LogP contribution in [0.4, 0.5) is 11.4 Å². The van der Waals surface area contributed by atoms with E-state index in [4.69, 9.17) is 4.55 Å². The number of azo groups is 1. The minimum atomic E-state index is -3.85. The summed E-state index contributed by atoms with van der Waals surface area (Å²) in [4.78, 5) is 12.7. The smallest absolute Gasteiger partial charge is 0.311 e. The second-order valence-electron chi connectivity index (χ2n) is 6.44. The molecule has 3 rings (SSSR count). The third kappa shape index (κ3) is 5.41. The number of amides is 1. The summed E-state index contributed by atoms with van der Waals surface area (Å²) in [6.07, 6.45) is 1.01. The van der Waals surface area contributed by atoms with Gasteiger partial charge in [0.1, 0.15) is 17.2 Å². The van der Waals surface area contributed by atoms with E-state index in [9.17, 15) is 22.5 Å². The van der Waals surface area contributed by atoms with Crippen LogP contribution in [0.3, 0.4) is 0 Å². The van der Waals surface area contributed by atoms with E-state index >= 15 is 0 Å². The Bertz CT molecular complexity index is 1300. The van der Waals surface area contributed by atoms with E-state index in [1.54, 1.807) is 6.92 Å². The molecule has 0 bridgehead atoms. The van der Waals surface area contributed by atoms with Gasteiger partial charge in [-0.05, 0) is 49.4 Å². The predicted molar refractivity (Wildman–Crippen MR) is 115 cm³/mol. The number of anilines is 1. The van der Waals surface area contributed by atoms with E-state index < -0.39 is 30.8 Å². The highest BCUT2D eigenvalue weighted by atomic mass is 32.9. The van der Waals surface area contributed by atoms with Crippen LogP contribution in [0.5, 0.6) is 11.5 Å². The third-order valence-electron chi connectivity index (χ3n) is 4.03. The number of phenolic OH excluding ortho intramolecular Hbond substituents is 1. The summed E-state index contributed by atoms with van der Waals surface area (Å²) < 4.78 is 48.2. The van der Waals surface area contributed by atoms with Gasteiger partial charge in [-0.25, -0.2) is 8.42 Å². The van der Waals surface area contributed by atoms with E-state index in [1.807, 2.05) is 0 Å². The molecule has 11 nitrogen and oxygen atoms in total. The van der Waals surface area contributed by atoms with Gasteiger partial charge >= 0.3 is 9.05 Å². The first-order chi connectivity index (χ1) is 14.3. The first-order valence-corrected chi connectivity index (χ1v) is 12.7. The van der Waals surface area contributed by atoms with Crippen molar-refractivity contribution in [2.45, 2.75) is 17.9 Å². The Balaban J connectivity index is 1.82. The number of benzene rings is 2. The van der Waals surface area contributed by atoms with Gasteiger partial charge in [-0.3, -0.25) is 9.35 Å². The minimum absolute atomic E-state index is 0.0380. The highest BCUT2D eigenvalue weighted by Gasteiger charge is 2.34. The molecular weight excluding hydrogens is 468 g/mol. The molecule has 0 spiro atoms. The van der Waals surface area contributed by atoms with Crippen molar-refractivity contribution in [2.24, 2.45) is 15.3 Å². The summed E-state index contributed by atoms with van der Waals surface area (Å²) in [6.45, 7) is 1.56. The van der Waals surface area contributed by atoms with Gasteiger partial charge in [0.2, 0.25) is 0 Å². The molecule has 0 radical (unpaired) electrons. The number of aromatic hydroxyl groups is 1. The summed E-state index contributed by atoms with van der Waals surface area (Å²) >= 11 is 4.26. The molecule has 0 aromatic heterocycles. The largest absolute Gasteiger partial charge is 0.506 e. The van der Waals surface area contributed by atoms with Gasteiger partial charge < -0.3 is 9.29 Å². The maximum absolute atomic E-state index is 12.7. The van der Waals surface area contributed by atoms with Crippen LogP contribution >= 0.6 is 0 Å². The molecule has 1 aliphatic heterocycles. The topological polar surface area (TPSA) is 158 Å². The number of sulfone groups is 1. The van der Waals surface area contributed by atoms with Crippen LogP contribution in [0.2, 0.25) is 0 Å². The Kier molecular flexibility index (Phi) is 6.09. The van der Waals surface area contributed by atoms with Crippen LogP contribution in [0.1, 0.15) is 6.92 Å². The normalized spacial score (nSPS) is 18.8. The van der Waals surface area contributed by atoms with Crippen molar-refractivity contribution in [2.75, 3.05) is 11.3 Å². The van der Waals surface area contributed by atoms with Gasteiger partial charge in [0.25, 0.3) is 5.91 Å². The molecule has 2 aromatic carbocycles. The van der Waals surface area contributed by atoms with Crippen LogP contribution in [0.25, 0.3) is 0 Å². The van der Waals surface area contributed by atoms with Crippen molar-refractivity contribution in [1.29, 1.82) is 0 Å². The molecule has 2 unspecified atom stereocenters. The van der Waals surface area contributed by atoms with Crippen LogP contribution in [0.15, 0.2) is 62.7 Å². The van der Waals surface area contributed by atoms with E-state index in [0.717, 1.165) is 17.3 Å². The van der Waals surface area contributed by atoms with E-state index in [0.29, 0.717) is 11.4 Å². The monoisotopic (exact) mass is 484 g/mol. The fraction of sp³-hybridized carbons (Fsp3) is 0.176. The van der Waals surface area contributed by atoms with Gasteiger partial charge in [0, 0.05) is 6.26 Å². The molecule has 14 heteroatoms. The Labute approximate surface area is 182 Å². The van der Waals surface area contributed by atoms with Crippen molar-refractivity contribution in [3.05, 3.63) is 42.5 Å². The first-order valence-electron chi connectivity index (χ1n) is 8.45. The van der Waals surface area contributed by atoms with Crippen molar-refractivity contribution in [1.82, 2.24) is 0 Å². The lowest BCUT2D eigenvalue weighted by Crippen LogP contribution is -2.29. The van der Waals surface area contributed by atoms with E-state index in [-0.39, 0.29) is 22.1 Å². The second kappa shape index (κ2) is 8.30. The summed E-state index contributed by atoms with van der Waals surface area (Å²) in [5.41, 5.74) is 0.543. The number of carbonyl (C=O) groups is 1. The zero-order chi connectivity index (χ0) is 23.0. The number of hydrogen-bond donors (Lipinski definition) is 2. The molecule has 1 aliphatic rings. The highest BCUT2D eigenvalue weighted by Crippen LogP contribution is 2.31. The summed E-state index contributed by atoms with van der Waals surface area (Å²) in [5, 5.41) is 22.9. The zero-order valence-electron chi connectivity index (χ0n) is 16.1. The SMILES string of the molecule is CC1=NN(c2ccc(OS(=O)(O)=S)cc2)C(=O)C1N=Nc1cc(S(C)(=O)=O)ccc1O. The molecular formula is C17H16N4O7S3. The molecule has 164 valence electrons. The Hall–Kier alpha value is -2.94. The lowest BCUT2D eigenvalue weighted by atomic mass is 10.2. The van der Waals surface area contributed by atoms with E-state index in [1.165, 1.54) is 36.4 Å². The lowest BCUT2D eigenvalue weighted by Gasteiger charge is -2.13. The maximum Gasteiger partial charge on any atom is 0.311 e. The second-order valence-corrected chi connectivity index (χ2v) is 10.7. The molecule has 2 aromatic rings.